The van der Waals surface area contributed by atoms with E-state index in [4.69, 9.17) is 16.3 Å². The summed E-state index contributed by atoms with van der Waals surface area (Å²) in [4.78, 5) is 31.7. The van der Waals surface area contributed by atoms with Gasteiger partial charge in [0.25, 0.3) is 11.7 Å². The number of aromatic nitrogens is 1. The summed E-state index contributed by atoms with van der Waals surface area (Å²) in [6, 6.07) is 16.5. The lowest BCUT2D eigenvalue weighted by Crippen LogP contribution is -2.29. The first kappa shape index (κ1) is 22.6. The molecule has 33 heavy (non-hydrogen) atoms. The van der Waals surface area contributed by atoms with E-state index in [0.29, 0.717) is 21.9 Å². The van der Waals surface area contributed by atoms with Crippen LogP contribution >= 0.6 is 11.6 Å². The van der Waals surface area contributed by atoms with Gasteiger partial charge in [0.15, 0.2) is 0 Å². The van der Waals surface area contributed by atoms with Crippen molar-refractivity contribution in [3.63, 3.8) is 0 Å². The minimum atomic E-state index is -0.796. The first-order valence-electron chi connectivity index (χ1n) is 10.5. The molecule has 0 unspecified atom stereocenters. The molecule has 3 aromatic rings. The molecule has 1 saturated heterocycles. The molecule has 7 heteroatoms. The molecule has 168 valence electrons. The van der Waals surface area contributed by atoms with Gasteiger partial charge in [-0.3, -0.25) is 14.6 Å². The molecular formula is C26H23ClN2O4. The third kappa shape index (κ3) is 4.76. The number of hydrogen-bond acceptors (Lipinski definition) is 5. The summed E-state index contributed by atoms with van der Waals surface area (Å²) in [5.74, 6) is -1.04. The van der Waals surface area contributed by atoms with Gasteiger partial charge in [-0.15, -0.1) is 0 Å². The molecular weight excluding hydrogens is 440 g/mol. The van der Waals surface area contributed by atoms with Crippen molar-refractivity contribution in [2.45, 2.75) is 32.5 Å². The number of carbonyl (C=O) groups is 2. The van der Waals surface area contributed by atoms with E-state index in [2.05, 4.69) is 4.98 Å². The van der Waals surface area contributed by atoms with Gasteiger partial charge in [-0.1, -0.05) is 29.8 Å². The first-order valence-corrected chi connectivity index (χ1v) is 10.9. The van der Waals surface area contributed by atoms with Crippen molar-refractivity contribution in [1.82, 2.24) is 9.88 Å². The van der Waals surface area contributed by atoms with E-state index in [9.17, 15) is 14.7 Å². The summed E-state index contributed by atoms with van der Waals surface area (Å²) < 4.78 is 5.65. The zero-order valence-corrected chi connectivity index (χ0v) is 19.0. The number of pyridine rings is 1. The fourth-order valence-corrected chi connectivity index (χ4v) is 4.07. The van der Waals surface area contributed by atoms with Crippen LogP contribution in [0.4, 0.5) is 0 Å². The molecule has 1 aliphatic heterocycles. The number of carbonyl (C=O) groups excluding carboxylic acids is 2. The van der Waals surface area contributed by atoms with Gasteiger partial charge in [-0.2, -0.15) is 0 Å². The van der Waals surface area contributed by atoms with Crippen molar-refractivity contribution >= 4 is 29.1 Å². The summed E-state index contributed by atoms with van der Waals surface area (Å²) >= 11 is 6.22. The lowest BCUT2D eigenvalue weighted by Gasteiger charge is -2.25. The van der Waals surface area contributed by atoms with Crippen molar-refractivity contribution in [1.29, 1.82) is 0 Å². The van der Waals surface area contributed by atoms with Crippen LogP contribution < -0.4 is 4.74 Å². The number of benzene rings is 2. The number of amides is 1. The Morgan fingerprint density at radius 2 is 1.88 bits per heavy atom. The second kappa shape index (κ2) is 9.46. The second-order valence-electron chi connectivity index (χ2n) is 8.03. The van der Waals surface area contributed by atoms with Gasteiger partial charge in [-0.25, -0.2) is 0 Å². The molecule has 0 bridgehead atoms. The lowest BCUT2D eigenvalue weighted by atomic mass is 9.95. The normalized spacial score (nSPS) is 17.6. The highest BCUT2D eigenvalue weighted by Crippen LogP contribution is 2.41. The van der Waals surface area contributed by atoms with E-state index in [1.54, 1.807) is 67.0 Å². The van der Waals surface area contributed by atoms with E-state index in [-0.39, 0.29) is 24.0 Å². The zero-order chi connectivity index (χ0) is 23.5. The predicted molar refractivity (Wildman–Crippen MR) is 126 cm³/mol. The number of ether oxygens (including phenoxy) is 1. The van der Waals surface area contributed by atoms with Gasteiger partial charge >= 0.3 is 0 Å². The van der Waals surface area contributed by atoms with Crippen molar-refractivity contribution in [2.24, 2.45) is 0 Å². The number of rotatable bonds is 6. The smallest absolute Gasteiger partial charge is 0.295 e. The van der Waals surface area contributed by atoms with E-state index in [1.807, 2.05) is 19.9 Å². The van der Waals surface area contributed by atoms with Crippen LogP contribution in [0.15, 0.2) is 78.6 Å². The highest BCUT2D eigenvalue weighted by molar-refractivity contribution is 6.46. The summed E-state index contributed by atoms with van der Waals surface area (Å²) in [5.41, 5.74) is 1.83. The van der Waals surface area contributed by atoms with Gasteiger partial charge in [0.2, 0.25) is 0 Å². The molecule has 4 rings (SSSR count). The molecule has 1 aliphatic rings. The predicted octanol–water partition coefficient (Wildman–Crippen LogP) is 5.14. The van der Waals surface area contributed by atoms with Gasteiger partial charge in [0.1, 0.15) is 11.5 Å². The van der Waals surface area contributed by atoms with Crippen molar-refractivity contribution in [2.75, 3.05) is 0 Å². The van der Waals surface area contributed by atoms with E-state index in [1.165, 1.54) is 4.90 Å². The largest absolute Gasteiger partial charge is 0.507 e. The lowest BCUT2D eigenvalue weighted by molar-refractivity contribution is -0.140. The fraction of sp³-hybridized carbons (Fsp3) is 0.192. The Labute approximate surface area is 197 Å². The molecule has 2 heterocycles. The molecule has 0 radical (unpaired) electrons. The average molecular weight is 463 g/mol. The third-order valence-electron chi connectivity index (χ3n) is 5.28. The van der Waals surface area contributed by atoms with Gasteiger partial charge in [-0.05, 0) is 67.4 Å². The molecule has 0 spiro atoms. The minimum Gasteiger partial charge on any atom is -0.507 e. The average Bonchev–Trinajstić information content (AvgIpc) is 3.04. The second-order valence-corrected chi connectivity index (χ2v) is 8.47. The van der Waals surface area contributed by atoms with Crippen molar-refractivity contribution < 1.29 is 19.4 Å². The maximum atomic E-state index is 13.1. The number of likely N-dealkylation sites (tertiary alicyclic amines) is 1. The fourth-order valence-electron chi connectivity index (χ4n) is 3.87. The summed E-state index contributed by atoms with van der Waals surface area (Å²) in [5, 5.41) is 11.6. The Balaban J connectivity index is 1.80. The number of nitrogens with zero attached hydrogens (tertiary/aromatic N) is 2. The van der Waals surface area contributed by atoms with Crippen LogP contribution in [-0.2, 0) is 16.1 Å². The van der Waals surface area contributed by atoms with E-state index in [0.717, 1.165) is 5.56 Å². The number of halogens is 1. The maximum Gasteiger partial charge on any atom is 0.295 e. The van der Waals surface area contributed by atoms with Crippen LogP contribution in [-0.4, -0.2) is 32.8 Å². The SMILES string of the molecule is CC(C)Oc1ccc(C(O)=C2C(=O)C(=O)N(Cc3cccnc3)[C@@H]2c2cccc(Cl)c2)cc1. The van der Waals surface area contributed by atoms with Crippen LogP contribution in [0.5, 0.6) is 5.75 Å². The molecule has 1 aromatic heterocycles. The highest BCUT2D eigenvalue weighted by atomic mass is 35.5. The molecule has 0 saturated carbocycles. The number of aliphatic hydroxyl groups is 1. The summed E-state index contributed by atoms with van der Waals surface area (Å²) in [6.07, 6.45) is 3.28. The molecule has 1 fully saturated rings. The number of aliphatic hydroxyl groups excluding tert-OH is 1. The molecule has 2 aromatic carbocycles. The number of hydrogen-bond donors (Lipinski definition) is 1. The van der Waals surface area contributed by atoms with E-state index < -0.39 is 17.7 Å². The Morgan fingerprint density at radius 1 is 1.12 bits per heavy atom. The zero-order valence-electron chi connectivity index (χ0n) is 18.2. The minimum absolute atomic E-state index is 0.00470. The maximum absolute atomic E-state index is 13.1. The molecule has 1 atom stereocenters. The summed E-state index contributed by atoms with van der Waals surface area (Å²) in [7, 11) is 0. The summed E-state index contributed by atoms with van der Waals surface area (Å²) in [6.45, 7) is 4.00. The van der Waals surface area contributed by atoms with Crippen LogP contribution in [0.25, 0.3) is 5.76 Å². The Kier molecular flexibility index (Phi) is 6.47. The van der Waals surface area contributed by atoms with Crippen LogP contribution in [0, 0.1) is 0 Å². The highest BCUT2D eigenvalue weighted by Gasteiger charge is 2.46. The monoisotopic (exact) mass is 462 g/mol. The molecule has 6 nitrogen and oxygen atoms in total. The van der Waals surface area contributed by atoms with Crippen LogP contribution in [0.1, 0.15) is 36.6 Å². The van der Waals surface area contributed by atoms with Crippen molar-refractivity contribution in [3.05, 3.63) is 100 Å². The Morgan fingerprint density at radius 3 is 2.52 bits per heavy atom. The molecule has 1 N–H and O–H groups in total. The van der Waals surface area contributed by atoms with Crippen LogP contribution in [0.3, 0.4) is 0 Å². The van der Waals surface area contributed by atoms with Gasteiger partial charge < -0.3 is 14.7 Å². The molecule has 1 amide bonds. The number of Topliss-reactive ketones (excluding diaryl/α,β-unsaturated/α-hetero) is 1. The number of ketones is 1. The van der Waals surface area contributed by atoms with Crippen LogP contribution in [0.2, 0.25) is 5.02 Å². The van der Waals surface area contributed by atoms with Gasteiger partial charge in [0.05, 0.1) is 17.7 Å². The van der Waals surface area contributed by atoms with E-state index >= 15 is 0 Å². The standard InChI is InChI=1S/C26H23ClN2O4/c1-16(2)33-21-10-8-18(9-11-21)24(30)22-23(19-6-3-7-20(27)13-19)29(26(32)25(22)31)15-17-5-4-12-28-14-17/h3-14,16,23,30H,15H2,1-2H3/t23-/m1/s1. The third-order valence-corrected chi connectivity index (χ3v) is 5.51. The van der Waals surface area contributed by atoms with Crippen molar-refractivity contribution in [3.8, 4) is 5.75 Å². The van der Waals surface area contributed by atoms with Gasteiger partial charge in [0, 0.05) is 29.5 Å². The quantitative estimate of drug-likeness (QED) is 0.311. The Hall–Kier alpha value is -3.64. The molecule has 0 aliphatic carbocycles. The first-order chi connectivity index (χ1) is 15.8. The Bertz CT molecular complexity index is 1210. The topological polar surface area (TPSA) is 79.7 Å².